The number of nitriles is 1. The first-order valence-electron chi connectivity index (χ1n) is 5.67. The Balaban J connectivity index is 2.32. The maximum absolute atomic E-state index is 12.4. The van der Waals surface area contributed by atoms with Crippen molar-refractivity contribution in [2.24, 2.45) is 0 Å². The van der Waals surface area contributed by atoms with Crippen LogP contribution in [-0.2, 0) is 21.2 Å². The Morgan fingerprint density at radius 3 is 3.00 bits per heavy atom. The van der Waals surface area contributed by atoms with Crippen LogP contribution in [0.15, 0.2) is 16.3 Å². The summed E-state index contributed by atoms with van der Waals surface area (Å²) in [4.78, 5) is 1.02. The van der Waals surface area contributed by atoms with Crippen LogP contribution in [0.4, 0.5) is 0 Å². The minimum atomic E-state index is -3.56. The first kappa shape index (κ1) is 13.5. The molecule has 0 radical (unpaired) electrons. The number of morpholine rings is 1. The Hall–Kier alpha value is -0.940. The average molecular weight is 286 g/mol. The van der Waals surface area contributed by atoms with Gasteiger partial charge in [-0.25, -0.2) is 8.42 Å². The Morgan fingerprint density at radius 1 is 1.61 bits per heavy atom. The van der Waals surface area contributed by atoms with Crippen LogP contribution < -0.4 is 0 Å². The molecule has 0 N–H and O–H groups in total. The summed E-state index contributed by atoms with van der Waals surface area (Å²) in [5.74, 6) is 0. The average Bonchev–Trinajstić information content (AvgIpc) is 2.88. The second-order valence-corrected chi connectivity index (χ2v) is 7.20. The summed E-state index contributed by atoms with van der Waals surface area (Å²) in [7, 11) is -3.56. The highest BCUT2D eigenvalue weighted by atomic mass is 32.2. The normalized spacial score (nSPS) is 21.7. The van der Waals surface area contributed by atoms with Crippen LogP contribution in [0, 0.1) is 11.3 Å². The minimum absolute atomic E-state index is 0.141. The first-order valence-corrected chi connectivity index (χ1v) is 7.93. The minimum Gasteiger partial charge on any atom is -0.377 e. The lowest BCUT2D eigenvalue weighted by Gasteiger charge is -2.29. The number of nitrogens with zero attached hydrogens (tertiary/aromatic N) is 2. The van der Waals surface area contributed by atoms with Gasteiger partial charge in [0.1, 0.15) is 10.3 Å². The highest BCUT2D eigenvalue weighted by molar-refractivity contribution is 7.91. The number of hydrogen-bond acceptors (Lipinski definition) is 5. The van der Waals surface area contributed by atoms with Crippen molar-refractivity contribution in [3.63, 3.8) is 0 Å². The van der Waals surface area contributed by atoms with Gasteiger partial charge < -0.3 is 4.74 Å². The summed E-state index contributed by atoms with van der Waals surface area (Å²) in [6.45, 7) is 2.69. The molecular weight excluding hydrogens is 272 g/mol. The van der Waals surface area contributed by atoms with Crippen molar-refractivity contribution in [3.8, 4) is 6.07 Å². The van der Waals surface area contributed by atoms with Crippen LogP contribution in [0.1, 0.15) is 11.8 Å². The van der Waals surface area contributed by atoms with Crippen LogP contribution in [0.2, 0.25) is 0 Å². The van der Waals surface area contributed by atoms with E-state index in [0.29, 0.717) is 10.8 Å². The molecule has 0 aliphatic carbocycles. The highest BCUT2D eigenvalue weighted by Gasteiger charge is 2.34. The summed E-state index contributed by atoms with van der Waals surface area (Å²) in [6.07, 6.45) is 0.810. The molecule has 1 fully saturated rings. The predicted octanol–water partition coefficient (Wildman–Crippen LogP) is 1.22. The third kappa shape index (κ3) is 2.42. The molecule has 1 aromatic heterocycles. The van der Waals surface area contributed by atoms with Crippen molar-refractivity contribution in [2.45, 2.75) is 23.6 Å². The zero-order valence-corrected chi connectivity index (χ0v) is 11.6. The van der Waals surface area contributed by atoms with E-state index in [4.69, 9.17) is 10.00 Å². The number of aryl methyl sites for hydroxylation is 1. The van der Waals surface area contributed by atoms with E-state index in [0.717, 1.165) is 11.3 Å². The molecule has 1 atom stereocenters. The van der Waals surface area contributed by atoms with E-state index >= 15 is 0 Å². The molecule has 1 aliphatic rings. The first-order chi connectivity index (χ1) is 8.59. The zero-order chi connectivity index (χ0) is 13.2. The molecule has 98 valence electrons. The number of rotatable bonds is 3. The Morgan fingerprint density at radius 2 is 2.39 bits per heavy atom. The molecule has 1 aromatic rings. The summed E-state index contributed by atoms with van der Waals surface area (Å²) < 4.78 is 31.5. The SMILES string of the molecule is CCc1ccc(S(=O)(=O)N2CCOCC2C#N)s1. The van der Waals surface area contributed by atoms with E-state index in [1.807, 2.05) is 19.1 Å². The van der Waals surface area contributed by atoms with Gasteiger partial charge in [0.15, 0.2) is 0 Å². The van der Waals surface area contributed by atoms with Crippen molar-refractivity contribution in [1.82, 2.24) is 4.31 Å². The van der Waals surface area contributed by atoms with E-state index in [2.05, 4.69) is 0 Å². The second-order valence-electron chi connectivity index (χ2n) is 3.91. The summed E-state index contributed by atoms with van der Waals surface area (Å²) in [5.41, 5.74) is 0. The fourth-order valence-electron chi connectivity index (χ4n) is 1.78. The van der Waals surface area contributed by atoms with E-state index in [1.165, 1.54) is 15.6 Å². The summed E-state index contributed by atoms with van der Waals surface area (Å²) >= 11 is 1.27. The molecule has 2 heterocycles. The fourth-order valence-corrected chi connectivity index (χ4v) is 4.71. The van der Waals surface area contributed by atoms with Crippen molar-refractivity contribution < 1.29 is 13.2 Å². The van der Waals surface area contributed by atoms with Crippen molar-refractivity contribution in [3.05, 3.63) is 17.0 Å². The Kier molecular flexibility index (Phi) is 4.02. The molecule has 1 aliphatic heterocycles. The monoisotopic (exact) mass is 286 g/mol. The summed E-state index contributed by atoms with van der Waals surface area (Å²) in [6, 6.07) is 4.68. The van der Waals surface area contributed by atoms with Crippen molar-refractivity contribution >= 4 is 21.4 Å². The third-order valence-electron chi connectivity index (χ3n) is 2.78. The molecule has 0 aromatic carbocycles. The van der Waals surface area contributed by atoms with Gasteiger partial charge in [-0.05, 0) is 18.6 Å². The van der Waals surface area contributed by atoms with Crippen LogP contribution >= 0.6 is 11.3 Å². The van der Waals surface area contributed by atoms with E-state index in [-0.39, 0.29) is 13.2 Å². The van der Waals surface area contributed by atoms with Crippen molar-refractivity contribution in [2.75, 3.05) is 19.8 Å². The van der Waals surface area contributed by atoms with Crippen molar-refractivity contribution in [1.29, 1.82) is 5.26 Å². The van der Waals surface area contributed by atoms with Crippen LogP contribution in [0.5, 0.6) is 0 Å². The molecule has 5 nitrogen and oxygen atoms in total. The zero-order valence-electron chi connectivity index (χ0n) is 10.00. The molecule has 1 saturated heterocycles. The van der Waals surface area contributed by atoms with E-state index in [9.17, 15) is 8.42 Å². The molecule has 7 heteroatoms. The topological polar surface area (TPSA) is 70.4 Å². The molecule has 1 unspecified atom stereocenters. The molecule has 0 amide bonds. The molecular formula is C11H14N2O3S2. The molecule has 2 rings (SSSR count). The fraction of sp³-hybridized carbons (Fsp3) is 0.545. The lowest BCUT2D eigenvalue weighted by molar-refractivity contribution is 0.0512. The number of thiophene rings is 1. The second kappa shape index (κ2) is 5.36. The molecule has 0 saturated carbocycles. The standard InChI is InChI=1S/C11H14N2O3S2/c1-2-10-3-4-11(17-10)18(14,15)13-5-6-16-8-9(13)7-12/h3-4,9H,2,5-6,8H2,1H3. The highest BCUT2D eigenvalue weighted by Crippen LogP contribution is 2.27. The molecule has 0 spiro atoms. The quantitative estimate of drug-likeness (QED) is 0.837. The van der Waals surface area contributed by atoms with E-state index in [1.54, 1.807) is 6.07 Å². The predicted molar refractivity (Wildman–Crippen MR) is 67.8 cm³/mol. The largest absolute Gasteiger partial charge is 0.377 e. The number of sulfonamides is 1. The number of ether oxygens (including phenoxy) is 1. The Bertz CT molecular complexity index is 559. The molecule has 18 heavy (non-hydrogen) atoms. The number of hydrogen-bond donors (Lipinski definition) is 0. The maximum Gasteiger partial charge on any atom is 0.253 e. The maximum atomic E-state index is 12.4. The molecule has 0 bridgehead atoms. The summed E-state index contributed by atoms with van der Waals surface area (Å²) in [5, 5.41) is 8.99. The van der Waals surface area contributed by atoms with Crippen LogP contribution in [-0.4, -0.2) is 38.5 Å². The van der Waals surface area contributed by atoms with Gasteiger partial charge in [-0.3, -0.25) is 0 Å². The lowest BCUT2D eigenvalue weighted by Crippen LogP contribution is -2.47. The Labute approximate surface area is 111 Å². The van der Waals surface area contributed by atoms with Crippen LogP contribution in [0.3, 0.4) is 0 Å². The van der Waals surface area contributed by atoms with E-state index < -0.39 is 16.1 Å². The third-order valence-corrected chi connectivity index (χ3v) is 6.38. The van der Waals surface area contributed by atoms with Gasteiger partial charge in [0.25, 0.3) is 10.0 Å². The van der Waals surface area contributed by atoms with Gasteiger partial charge in [0.2, 0.25) is 0 Å². The van der Waals surface area contributed by atoms with Gasteiger partial charge in [-0.2, -0.15) is 9.57 Å². The van der Waals surface area contributed by atoms with Gasteiger partial charge in [-0.1, -0.05) is 6.92 Å². The lowest BCUT2D eigenvalue weighted by atomic mass is 10.3. The van der Waals surface area contributed by atoms with Gasteiger partial charge >= 0.3 is 0 Å². The van der Waals surface area contributed by atoms with Gasteiger partial charge in [-0.15, -0.1) is 11.3 Å². The van der Waals surface area contributed by atoms with Gasteiger partial charge in [0, 0.05) is 11.4 Å². The van der Waals surface area contributed by atoms with Gasteiger partial charge in [0.05, 0.1) is 19.3 Å². The smallest absolute Gasteiger partial charge is 0.253 e. The van der Waals surface area contributed by atoms with Crippen LogP contribution in [0.25, 0.3) is 0 Å².